The van der Waals surface area contributed by atoms with Gasteiger partial charge >= 0.3 is 0 Å². The molecule has 0 aliphatic rings. The van der Waals surface area contributed by atoms with Crippen molar-refractivity contribution in [3.63, 3.8) is 0 Å². The predicted octanol–water partition coefficient (Wildman–Crippen LogP) is 20.1. The number of fused-ring (bicyclic) bond motifs is 10. The molecule has 0 unspecified atom stereocenters. The Bertz CT molecular complexity index is 4450. The second kappa shape index (κ2) is 16.6. The normalized spacial score (nSPS) is 12.3. The van der Waals surface area contributed by atoms with E-state index in [9.17, 15) is 0 Å². The maximum absolute atomic E-state index is 2.37. The third-order valence-electron chi connectivity index (χ3n) is 15.1. The Morgan fingerprint density at radius 3 is 1.25 bits per heavy atom. The van der Waals surface area contributed by atoms with Gasteiger partial charge in [0.15, 0.2) is 0 Å². The van der Waals surface area contributed by atoms with Gasteiger partial charge < -0.3 is 0 Å². The van der Waals surface area contributed by atoms with Crippen molar-refractivity contribution in [2.45, 2.75) is 6.92 Å². The second-order valence-corrected chi connectivity index (χ2v) is 19.0. The minimum Gasteiger partial charge on any atom is -0.0876 e. The quantitative estimate of drug-likeness (QED) is 0.0886. The number of rotatable bonds is 6. The molecule has 330 valence electrons. The Balaban J connectivity index is 0.934. The number of hydrogen-bond donors (Lipinski definition) is 0. The largest absolute Gasteiger partial charge is 0.0876 e. The monoisotopic (exact) mass is 898 g/mol. The van der Waals surface area contributed by atoms with Crippen LogP contribution < -0.4 is 0 Å². The molecule has 0 heteroatoms. The van der Waals surface area contributed by atoms with Crippen LogP contribution in [0, 0.1) is 0 Å². The number of allylic oxidation sites excluding steroid dienone is 3. The zero-order valence-corrected chi connectivity index (χ0v) is 39.3. The standard InChI is InChI=1S/C71H46/c1-2-3-21-55(52-37-36-51-40-47-17-4-5-19-49(47)42-54(51)43-52)70-63-26-12-8-22-59(63)68(60-23-9-13-27-64(60)70)45-32-34-46(35-33-45)69-61-24-10-14-28-65(61)71(66-29-15-11-25-62(66)69)58-31-16-30-56-57(58)39-38-53-41-48-18-6-7-20-50(48)44-67(53)56/h2-44H,1H3/b3-2-,55-21+. The van der Waals surface area contributed by atoms with Crippen LogP contribution in [0.5, 0.6) is 0 Å². The molecule has 0 saturated heterocycles. The van der Waals surface area contributed by atoms with E-state index in [2.05, 4.69) is 268 Å². The maximum Gasteiger partial charge on any atom is -0.00201 e. The summed E-state index contributed by atoms with van der Waals surface area (Å²) in [5.74, 6) is 0. The lowest BCUT2D eigenvalue weighted by Crippen LogP contribution is -1.96. The molecule has 0 nitrogen and oxygen atoms in total. The Morgan fingerprint density at radius 1 is 0.282 bits per heavy atom. The minimum atomic E-state index is 1.20. The van der Waals surface area contributed by atoms with Crippen molar-refractivity contribution in [1.82, 2.24) is 0 Å². The summed E-state index contributed by atoms with van der Waals surface area (Å²) >= 11 is 0. The van der Waals surface area contributed by atoms with Crippen LogP contribution in [-0.2, 0) is 0 Å². The van der Waals surface area contributed by atoms with E-state index in [4.69, 9.17) is 0 Å². The van der Waals surface area contributed by atoms with Gasteiger partial charge in [0.25, 0.3) is 0 Å². The van der Waals surface area contributed by atoms with E-state index in [-0.39, 0.29) is 0 Å². The van der Waals surface area contributed by atoms with Crippen LogP contribution in [0.1, 0.15) is 18.1 Å². The zero-order valence-electron chi connectivity index (χ0n) is 39.3. The van der Waals surface area contributed by atoms with Gasteiger partial charge in [-0.2, -0.15) is 0 Å². The van der Waals surface area contributed by atoms with Crippen LogP contribution in [0.15, 0.2) is 261 Å². The SMILES string of the molecule is C/C=C\C=C(/c1ccc2cc3ccccc3cc2c1)c1c2ccccc2c(-c2ccc(-c3c4ccccc4c(-c4cccc5c4ccc4cc6ccccc6cc45)c4ccccc34)cc2)c2ccccc12. The van der Waals surface area contributed by atoms with E-state index >= 15 is 0 Å². The summed E-state index contributed by atoms with van der Waals surface area (Å²) in [6, 6.07) is 90.6. The lowest BCUT2D eigenvalue weighted by Gasteiger charge is -2.21. The molecule has 0 atom stereocenters. The van der Waals surface area contributed by atoms with Gasteiger partial charge in [0.05, 0.1) is 0 Å². The molecule has 0 aromatic heterocycles. The summed E-state index contributed by atoms with van der Waals surface area (Å²) in [6.07, 6.45) is 6.61. The Hall–Kier alpha value is -9.10. The highest BCUT2D eigenvalue weighted by molar-refractivity contribution is 6.26. The first-order valence-electron chi connectivity index (χ1n) is 24.8. The van der Waals surface area contributed by atoms with Crippen LogP contribution in [0.2, 0.25) is 0 Å². The maximum atomic E-state index is 2.37. The summed E-state index contributed by atoms with van der Waals surface area (Å²) in [4.78, 5) is 0. The first kappa shape index (κ1) is 40.9. The minimum absolute atomic E-state index is 1.20. The van der Waals surface area contributed by atoms with Gasteiger partial charge in [-0.3, -0.25) is 0 Å². The van der Waals surface area contributed by atoms with Gasteiger partial charge in [0, 0.05) is 0 Å². The molecule has 14 rings (SSSR count). The van der Waals surface area contributed by atoms with Crippen molar-refractivity contribution in [3.8, 4) is 33.4 Å². The highest BCUT2D eigenvalue weighted by Gasteiger charge is 2.22. The summed E-state index contributed by atoms with van der Waals surface area (Å²) in [7, 11) is 0. The molecular formula is C71H46. The van der Waals surface area contributed by atoms with Crippen LogP contribution >= 0.6 is 0 Å². The predicted molar refractivity (Wildman–Crippen MR) is 309 cm³/mol. The fraction of sp³-hybridized carbons (Fsp3) is 0.0141. The van der Waals surface area contributed by atoms with Gasteiger partial charge in [-0.15, -0.1) is 0 Å². The highest BCUT2D eigenvalue weighted by atomic mass is 14.2. The first-order valence-corrected chi connectivity index (χ1v) is 24.8. The van der Waals surface area contributed by atoms with Crippen molar-refractivity contribution >= 4 is 103 Å². The molecule has 0 bridgehead atoms. The van der Waals surface area contributed by atoms with Crippen LogP contribution in [-0.4, -0.2) is 0 Å². The van der Waals surface area contributed by atoms with E-state index in [1.54, 1.807) is 0 Å². The molecule has 14 aromatic carbocycles. The van der Waals surface area contributed by atoms with E-state index in [0.29, 0.717) is 0 Å². The van der Waals surface area contributed by atoms with Gasteiger partial charge in [0.1, 0.15) is 0 Å². The Labute approximate surface area is 412 Å². The summed E-state index contributed by atoms with van der Waals surface area (Å²) in [5, 5.41) is 22.6. The smallest absolute Gasteiger partial charge is 0.00201 e. The van der Waals surface area contributed by atoms with Gasteiger partial charge in [-0.25, -0.2) is 0 Å². The third-order valence-corrected chi connectivity index (χ3v) is 15.1. The number of benzene rings is 14. The number of hydrogen-bond acceptors (Lipinski definition) is 0. The molecule has 0 radical (unpaired) electrons. The average Bonchev–Trinajstić information content (AvgIpc) is 3.43. The lowest BCUT2D eigenvalue weighted by molar-refractivity contribution is 1.61. The first-order chi connectivity index (χ1) is 35.2. The molecule has 71 heavy (non-hydrogen) atoms. The molecule has 0 amide bonds. The average molecular weight is 899 g/mol. The zero-order chi connectivity index (χ0) is 47.0. The van der Waals surface area contributed by atoms with Crippen molar-refractivity contribution in [1.29, 1.82) is 0 Å². The van der Waals surface area contributed by atoms with Gasteiger partial charge in [-0.1, -0.05) is 231 Å². The molecular weight excluding hydrogens is 853 g/mol. The van der Waals surface area contributed by atoms with Crippen molar-refractivity contribution in [3.05, 3.63) is 272 Å². The van der Waals surface area contributed by atoms with Gasteiger partial charge in [-0.05, 0) is 184 Å². The van der Waals surface area contributed by atoms with Crippen molar-refractivity contribution < 1.29 is 0 Å². The molecule has 14 aromatic rings. The van der Waals surface area contributed by atoms with E-state index in [0.717, 1.165) is 0 Å². The molecule has 0 N–H and O–H groups in total. The van der Waals surface area contributed by atoms with E-state index in [1.807, 2.05) is 0 Å². The fourth-order valence-electron chi connectivity index (χ4n) is 11.9. The third kappa shape index (κ3) is 6.60. The fourth-order valence-corrected chi connectivity index (χ4v) is 11.9. The van der Waals surface area contributed by atoms with Crippen LogP contribution in [0.4, 0.5) is 0 Å². The van der Waals surface area contributed by atoms with Crippen molar-refractivity contribution in [2.24, 2.45) is 0 Å². The Kier molecular flexibility index (Phi) is 9.54. The van der Waals surface area contributed by atoms with Crippen molar-refractivity contribution in [2.75, 3.05) is 0 Å². The lowest BCUT2D eigenvalue weighted by atomic mass is 9.82. The summed E-state index contributed by atoms with van der Waals surface area (Å²) in [6.45, 7) is 2.09. The highest BCUT2D eigenvalue weighted by Crippen LogP contribution is 2.48. The molecule has 0 spiro atoms. The van der Waals surface area contributed by atoms with Crippen LogP contribution in [0.3, 0.4) is 0 Å². The topological polar surface area (TPSA) is 0 Å². The van der Waals surface area contributed by atoms with E-state index < -0.39 is 0 Å². The molecule has 0 fully saturated rings. The van der Waals surface area contributed by atoms with E-state index in [1.165, 1.54) is 147 Å². The van der Waals surface area contributed by atoms with Gasteiger partial charge in [0.2, 0.25) is 0 Å². The molecule has 0 aliphatic carbocycles. The molecule has 0 heterocycles. The van der Waals surface area contributed by atoms with Crippen LogP contribution in [0.25, 0.3) is 136 Å². The molecule has 0 saturated carbocycles. The summed E-state index contributed by atoms with van der Waals surface area (Å²) < 4.78 is 0. The molecule has 0 aliphatic heterocycles. The summed E-state index contributed by atoms with van der Waals surface area (Å²) in [5.41, 5.74) is 11.1. The Morgan fingerprint density at radius 2 is 0.704 bits per heavy atom. The second-order valence-electron chi connectivity index (χ2n) is 19.0.